The first-order chi connectivity index (χ1) is 9.62. The first-order valence-corrected chi connectivity index (χ1v) is 6.57. The summed E-state index contributed by atoms with van der Waals surface area (Å²) in [4.78, 5) is 25.3. The molecule has 0 spiro atoms. The van der Waals surface area contributed by atoms with E-state index in [4.69, 9.17) is 10.00 Å². The lowest BCUT2D eigenvalue weighted by molar-refractivity contribution is -0.143. The van der Waals surface area contributed by atoms with E-state index in [9.17, 15) is 9.59 Å². The van der Waals surface area contributed by atoms with Crippen molar-refractivity contribution < 1.29 is 14.3 Å². The Bertz CT molecular complexity index is 520. The molecule has 5 heteroatoms. The van der Waals surface area contributed by atoms with E-state index in [1.165, 1.54) is 11.0 Å². The summed E-state index contributed by atoms with van der Waals surface area (Å²) in [6.07, 6.45) is 0.739. The summed E-state index contributed by atoms with van der Waals surface area (Å²) in [6.45, 7) is 4.33. The highest BCUT2D eigenvalue weighted by atomic mass is 16.5. The van der Waals surface area contributed by atoms with Crippen LogP contribution in [0.15, 0.2) is 24.3 Å². The molecular weight excluding hydrogens is 256 g/mol. The fourth-order valence-corrected chi connectivity index (χ4v) is 1.79. The highest BCUT2D eigenvalue weighted by Crippen LogP contribution is 2.09. The molecular formula is C15H18N2O3. The Balaban J connectivity index is 2.87. The minimum Gasteiger partial charge on any atom is -0.465 e. The summed E-state index contributed by atoms with van der Waals surface area (Å²) < 4.78 is 4.86. The van der Waals surface area contributed by atoms with Crippen molar-refractivity contribution in [1.82, 2.24) is 4.90 Å². The average molecular weight is 274 g/mol. The molecule has 0 aliphatic carbocycles. The van der Waals surface area contributed by atoms with Gasteiger partial charge in [0.1, 0.15) is 6.54 Å². The van der Waals surface area contributed by atoms with Gasteiger partial charge in [-0.25, -0.2) is 0 Å². The summed E-state index contributed by atoms with van der Waals surface area (Å²) in [5.74, 6) is -0.692. The molecule has 1 aromatic rings. The zero-order valence-corrected chi connectivity index (χ0v) is 11.8. The van der Waals surface area contributed by atoms with Crippen molar-refractivity contribution in [2.24, 2.45) is 0 Å². The maximum absolute atomic E-state index is 12.4. The predicted octanol–water partition coefficient (Wildman–Crippen LogP) is 1.97. The van der Waals surface area contributed by atoms with Crippen LogP contribution in [0.5, 0.6) is 0 Å². The number of benzene rings is 1. The van der Waals surface area contributed by atoms with Gasteiger partial charge in [-0.2, -0.15) is 5.26 Å². The Labute approximate surface area is 118 Å². The van der Waals surface area contributed by atoms with Gasteiger partial charge in [-0.15, -0.1) is 0 Å². The molecule has 0 radical (unpaired) electrons. The van der Waals surface area contributed by atoms with Crippen molar-refractivity contribution in [3.63, 3.8) is 0 Å². The van der Waals surface area contributed by atoms with E-state index in [0.717, 1.165) is 6.42 Å². The number of amides is 1. The van der Waals surface area contributed by atoms with Crippen LogP contribution in [0.25, 0.3) is 0 Å². The van der Waals surface area contributed by atoms with Crippen molar-refractivity contribution >= 4 is 11.9 Å². The molecule has 0 saturated carbocycles. The van der Waals surface area contributed by atoms with Crippen LogP contribution >= 0.6 is 0 Å². The first-order valence-electron chi connectivity index (χ1n) is 6.57. The van der Waals surface area contributed by atoms with Crippen molar-refractivity contribution in [3.05, 3.63) is 35.4 Å². The van der Waals surface area contributed by atoms with Crippen LogP contribution in [0, 0.1) is 11.3 Å². The van der Waals surface area contributed by atoms with E-state index in [0.29, 0.717) is 17.7 Å². The Morgan fingerprint density at radius 3 is 2.70 bits per heavy atom. The molecule has 0 aliphatic heterocycles. The molecule has 0 fully saturated rings. The summed E-state index contributed by atoms with van der Waals surface area (Å²) in [5.41, 5.74) is 0.824. The second-order valence-electron chi connectivity index (χ2n) is 4.22. The molecule has 1 rings (SSSR count). The van der Waals surface area contributed by atoms with Gasteiger partial charge >= 0.3 is 5.97 Å². The number of nitrogens with zero attached hydrogens (tertiary/aromatic N) is 2. The molecule has 0 saturated heterocycles. The topological polar surface area (TPSA) is 70.4 Å². The van der Waals surface area contributed by atoms with E-state index in [1.54, 1.807) is 25.1 Å². The van der Waals surface area contributed by atoms with Crippen molar-refractivity contribution in [2.45, 2.75) is 20.3 Å². The molecule has 0 aliphatic rings. The van der Waals surface area contributed by atoms with Crippen LogP contribution < -0.4 is 0 Å². The zero-order valence-electron chi connectivity index (χ0n) is 11.8. The number of esters is 1. The van der Waals surface area contributed by atoms with Crippen LogP contribution in [0.4, 0.5) is 0 Å². The fraction of sp³-hybridized carbons (Fsp3) is 0.400. The molecule has 0 atom stereocenters. The van der Waals surface area contributed by atoms with Gasteiger partial charge < -0.3 is 9.64 Å². The van der Waals surface area contributed by atoms with E-state index in [2.05, 4.69) is 0 Å². The smallest absolute Gasteiger partial charge is 0.325 e. The number of carbonyl (C=O) groups is 2. The lowest BCUT2D eigenvalue weighted by atomic mass is 10.1. The average Bonchev–Trinajstić information content (AvgIpc) is 2.46. The third-order valence-corrected chi connectivity index (χ3v) is 2.64. The van der Waals surface area contributed by atoms with E-state index in [1.807, 2.05) is 13.0 Å². The molecule has 20 heavy (non-hydrogen) atoms. The SMILES string of the molecule is CCCN(CC(=O)OCC)C(=O)c1cccc(C#N)c1. The minimum atomic E-state index is -0.425. The Hall–Kier alpha value is -2.35. The molecule has 0 bridgehead atoms. The third-order valence-electron chi connectivity index (χ3n) is 2.64. The van der Waals surface area contributed by atoms with Gasteiger partial charge in [-0.1, -0.05) is 13.0 Å². The summed E-state index contributed by atoms with van der Waals surface area (Å²) in [6, 6.07) is 8.44. The molecule has 0 unspecified atom stereocenters. The number of rotatable bonds is 6. The maximum atomic E-state index is 12.4. The van der Waals surface area contributed by atoms with Crippen LogP contribution in [-0.2, 0) is 9.53 Å². The summed E-state index contributed by atoms with van der Waals surface area (Å²) in [7, 11) is 0. The number of carbonyl (C=O) groups excluding carboxylic acids is 2. The first kappa shape index (κ1) is 15.7. The maximum Gasteiger partial charge on any atom is 0.325 e. The highest BCUT2D eigenvalue weighted by Gasteiger charge is 2.18. The Morgan fingerprint density at radius 1 is 1.35 bits per heavy atom. The quantitative estimate of drug-likeness (QED) is 0.744. The molecule has 0 aromatic heterocycles. The summed E-state index contributed by atoms with van der Waals surface area (Å²) >= 11 is 0. The van der Waals surface area contributed by atoms with Crippen LogP contribution in [0.3, 0.4) is 0 Å². The summed E-state index contributed by atoms with van der Waals surface area (Å²) in [5, 5.41) is 8.85. The van der Waals surface area contributed by atoms with Gasteiger partial charge in [-0.3, -0.25) is 9.59 Å². The van der Waals surface area contributed by atoms with Crippen molar-refractivity contribution in [1.29, 1.82) is 5.26 Å². The molecule has 0 heterocycles. The largest absolute Gasteiger partial charge is 0.465 e. The van der Waals surface area contributed by atoms with Gasteiger partial charge in [0.2, 0.25) is 0 Å². The normalized spacial score (nSPS) is 9.65. The lowest BCUT2D eigenvalue weighted by Gasteiger charge is -2.21. The van der Waals surface area contributed by atoms with E-state index in [-0.39, 0.29) is 19.1 Å². The molecule has 5 nitrogen and oxygen atoms in total. The second kappa shape index (κ2) is 7.95. The second-order valence-corrected chi connectivity index (χ2v) is 4.22. The van der Waals surface area contributed by atoms with Crippen molar-refractivity contribution in [3.8, 4) is 6.07 Å². The standard InChI is InChI=1S/C15H18N2O3/c1-3-8-17(11-14(18)20-4-2)15(19)13-7-5-6-12(9-13)10-16/h5-7,9H,3-4,8,11H2,1-2H3. The number of hydrogen-bond acceptors (Lipinski definition) is 4. The van der Waals surface area contributed by atoms with Gasteiger partial charge in [0, 0.05) is 12.1 Å². The predicted molar refractivity (Wildman–Crippen MR) is 74.0 cm³/mol. The Kier molecular flexibility index (Phi) is 6.24. The van der Waals surface area contributed by atoms with Gasteiger partial charge in [-0.05, 0) is 31.5 Å². The van der Waals surface area contributed by atoms with Gasteiger partial charge in [0.25, 0.3) is 5.91 Å². The number of nitriles is 1. The van der Waals surface area contributed by atoms with Crippen molar-refractivity contribution in [2.75, 3.05) is 19.7 Å². The lowest BCUT2D eigenvalue weighted by Crippen LogP contribution is -2.37. The van der Waals surface area contributed by atoms with Gasteiger partial charge in [0.05, 0.1) is 18.2 Å². The number of ether oxygens (including phenoxy) is 1. The van der Waals surface area contributed by atoms with Crippen LogP contribution in [-0.4, -0.2) is 36.5 Å². The van der Waals surface area contributed by atoms with Gasteiger partial charge in [0.15, 0.2) is 0 Å². The zero-order chi connectivity index (χ0) is 15.0. The molecule has 1 amide bonds. The van der Waals surface area contributed by atoms with Crippen LogP contribution in [0.2, 0.25) is 0 Å². The van der Waals surface area contributed by atoms with E-state index >= 15 is 0 Å². The number of hydrogen-bond donors (Lipinski definition) is 0. The Morgan fingerprint density at radius 2 is 2.10 bits per heavy atom. The molecule has 1 aromatic carbocycles. The monoisotopic (exact) mass is 274 g/mol. The fourth-order valence-electron chi connectivity index (χ4n) is 1.79. The molecule has 106 valence electrons. The van der Waals surface area contributed by atoms with Crippen LogP contribution in [0.1, 0.15) is 36.2 Å². The van der Waals surface area contributed by atoms with E-state index < -0.39 is 5.97 Å². The molecule has 0 N–H and O–H groups in total. The third kappa shape index (κ3) is 4.39. The minimum absolute atomic E-state index is 0.0721. The highest BCUT2D eigenvalue weighted by molar-refractivity contribution is 5.96.